The van der Waals surface area contributed by atoms with Gasteiger partial charge in [0.2, 0.25) is 0 Å². The second-order valence-electron chi connectivity index (χ2n) is 5.52. The molecule has 0 spiro atoms. The van der Waals surface area contributed by atoms with Gasteiger partial charge in [-0.05, 0) is 48.5 Å². The molecule has 4 rings (SSSR count). The number of halogens is 1. The van der Waals surface area contributed by atoms with E-state index in [1.54, 1.807) is 31.6 Å². The van der Waals surface area contributed by atoms with Gasteiger partial charge in [0.15, 0.2) is 0 Å². The van der Waals surface area contributed by atoms with Gasteiger partial charge in [0, 0.05) is 29.6 Å². The number of fused-ring (bicyclic) bond motifs is 1. The Bertz CT molecular complexity index is 1030. The van der Waals surface area contributed by atoms with Crippen LogP contribution in [0.3, 0.4) is 0 Å². The Balaban J connectivity index is 2.00. The summed E-state index contributed by atoms with van der Waals surface area (Å²) in [5, 5.41) is 0. The predicted molar refractivity (Wildman–Crippen MR) is 94.7 cm³/mol. The second-order valence-corrected chi connectivity index (χ2v) is 5.52. The fourth-order valence-electron chi connectivity index (χ4n) is 2.68. The largest absolute Gasteiger partial charge is 0.497 e. The third-order valence-corrected chi connectivity index (χ3v) is 3.94. The molecule has 4 nitrogen and oxygen atoms in total. The molecule has 0 saturated carbocycles. The van der Waals surface area contributed by atoms with Crippen LogP contribution in [0.2, 0.25) is 0 Å². The van der Waals surface area contributed by atoms with Gasteiger partial charge in [-0.1, -0.05) is 0 Å². The number of nitrogens with zero attached hydrogens (tertiary/aromatic N) is 3. The molecule has 0 saturated heterocycles. The summed E-state index contributed by atoms with van der Waals surface area (Å²) in [4.78, 5) is 13.6. The molecule has 0 amide bonds. The maximum Gasteiger partial charge on any atom is 0.123 e. The Morgan fingerprint density at radius 3 is 2.08 bits per heavy atom. The van der Waals surface area contributed by atoms with Crippen LogP contribution in [0.1, 0.15) is 0 Å². The standard InChI is InChI=1S/C20H14FN3O/c1-25-16-6-7-17-18(12-16)24-20(14-8-10-22-11-9-14)19(23-17)13-2-4-15(21)5-3-13/h2-12H,1H3. The molecular weight excluding hydrogens is 317 g/mol. The van der Waals surface area contributed by atoms with Crippen molar-refractivity contribution in [1.82, 2.24) is 15.0 Å². The first-order chi connectivity index (χ1) is 12.2. The second kappa shape index (κ2) is 6.28. The van der Waals surface area contributed by atoms with Gasteiger partial charge in [0.1, 0.15) is 11.6 Å². The number of benzene rings is 2. The zero-order valence-corrected chi connectivity index (χ0v) is 13.5. The SMILES string of the molecule is COc1ccc2nc(-c3ccc(F)cc3)c(-c3ccncc3)nc2c1. The average molecular weight is 331 g/mol. The van der Waals surface area contributed by atoms with Crippen molar-refractivity contribution >= 4 is 11.0 Å². The molecule has 0 N–H and O–H groups in total. The zero-order valence-electron chi connectivity index (χ0n) is 13.5. The smallest absolute Gasteiger partial charge is 0.123 e. The van der Waals surface area contributed by atoms with E-state index in [1.807, 2.05) is 30.3 Å². The number of hydrogen-bond acceptors (Lipinski definition) is 4. The van der Waals surface area contributed by atoms with E-state index < -0.39 is 0 Å². The fraction of sp³-hybridized carbons (Fsp3) is 0.0500. The fourth-order valence-corrected chi connectivity index (χ4v) is 2.68. The lowest BCUT2D eigenvalue weighted by Gasteiger charge is -2.11. The molecule has 0 radical (unpaired) electrons. The van der Waals surface area contributed by atoms with Crippen molar-refractivity contribution in [3.63, 3.8) is 0 Å². The lowest BCUT2D eigenvalue weighted by molar-refractivity contribution is 0.415. The molecule has 0 fully saturated rings. The van der Waals surface area contributed by atoms with Crippen LogP contribution in [-0.2, 0) is 0 Å². The number of methoxy groups -OCH3 is 1. The van der Waals surface area contributed by atoms with Gasteiger partial charge in [-0.3, -0.25) is 4.98 Å². The summed E-state index contributed by atoms with van der Waals surface area (Å²) in [7, 11) is 1.62. The van der Waals surface area contributed by atoms with Crippen LogP contribution in [0.4, 0.5) is 4.39 Å². The van der Waals surface area contributed by atoms with Gasteiger partial charge in [-0.2, -0.15) is 0 Å². The number of pyridine rings is 1. The summed E-state index contributed by atoms with van der Waals surface area (Å²) in [5.74, 6) is 0.435. The minimum atomic E-state index is -0.285. The highest BCUT2D eigenvalue weighted by Crippen LogP contribution is 2.31. The first-order valence-corrected chi connectivity index (χ1v) is 7.77. The van der Waals surface area contributed by atoms with Crippen molar-refractivity contribution in [1.29, 1.82) is 0 Å². The lowest BCUT2D eigenvalue weighted by atomic mass is 10.0. The van der Waals surface area contributed by atoms with Crippen LogP contribution in [0.25, 0.3) is 33.5 Å². The highest BCUT2D eigenvalue weighted by molar-refractivity contribution is 5.86. The van der Waals surface area contributed by atoms with Crippen molar-refractivity contribution in [3.8, 4) is 28.3 Å². The van der Waals surface area contributed by atoms with Gasteiger partial charge in [0.05, 0.1) is 29.5 Å². The number of hydrogen-bond donors (Lipinski definition) is 0. The van der Waals surface area contributed by atoms with E-state index in [4.69, 9.17) is 14.7 Å². The molecule has 0 aliphatic heterocycles. The van der Waals surface area contributed by atoms with Crippen molar-refractivity contribution in [2.75, 3.05) is 7.11 Å². The molecule has 0 bridgehead atoms. The monoisotopic (exact) mass is 331 g/mol. The lowest BCUT2D eigenvalue weighted by Crippen LogP contribution is -1.96. The summed E-state index contributed by atoms with van der Waals surface area (Å²) in [6.45, 7) is 0. The Hall–Kier alpha value is -3.34. The Morgan fingerprint density at radius 1 is 0.760 bits per heavy atom. The highest BCUT2D eigenvalue weighted by atomic mass is 19.1. The number of rotatable bonds is 3. The minimum Gasteiger partial charge on any atom is -0.497 e. The van der Waals surface area contributed by atoms with Crippen LogP contribution in [0.5, 0.6) is 5.75 Å². The van der Waals surface area contributed by atoms with E-state index in [9.17, 15) is 4.39 Å². The molecule has 0 aliphatic carbocycles. The summed E-state index contributed by atoms with van der Waals surface area (Å²) in [6.07, 6.45) is 3.42. The van der Waals surface area contributed by atoms with Crippen LogP contribution < -0.4 is 4.74 Å². The van der Waals surface area contributed by atoms with Gasteiger partial charge in [-0.25, -0.2) is 14.4 Å². The average Bonchev–Trinajstić information content (AvgIpc) is 2.68. The number of aromatic nitrogens is 3. The van der Waals surface area contributed by atoms with E-state index in [1.165, 1.54) is 12.1 Å². The van der Waals surface area contributed by atoms with Crippen LogP contribution in [-0.4, -0.2) is 22.1 Å². The minimum absolute atomic E-state index is 0.285. The normalized spacial score (nSPS) is 10.8. The van der Waals surface area contributed by atoms with Gasteiger partial charge in [-0.15, -0.1) is 0 Å². The molecule has 2 aromatic carbocycles. The zero-order chi connectivity index (χ0) is 17.2. The van der Waals surface area contributed by atoms with Crippen LogP contribution in [0.15, 0.2) is 67.0 Å². The Labute approximate surface area is 144 Å². The summed E-state index contributed by atoms with van der Waals surface area (Å²) in [5.41, 5.74) is 4.60. The van der Waals surface area contributed by atoms with Crippen molar-refractivity contribution in [3.05, 3.63) is 72.8 Å². The van der Waals surface area contributed by atoms with Crippen LogP contribution >= 0.6 is 0 Å². The molecule has 5 heteroatoms. The highest BCUT2D eigenvalue weighted by Gasteiger charge is 2.13. The molecule has 25 heavy (non-hydrogen) atoms. The molecular formula is C20H14FN3O. The number of ether oxygens (including phenoxy) is 1. The third kappa shape index (κ3) is 2.92. The quantitative estimate of drug-likeness (QED) is 0.554. The van der Waals surface area contributed by atoms with E-state index in [-0.39, 0.29) is 5.82 Å². The first kappa shape index (κ1) is 15.2. The molecule has 122 valence electrons. The Morgan fingerprint density at radius 2 is 1.40 bits per heavy atom. The van der Waals surface area contributed by atoms with Crippen molar-refractivity contribution in [2.24, 2.45) is 0 Å². The van der Waals surface area contributed by atoms with E-state index in [2.05, 4.69) is 4.98 Å². The maximum atomic E-state index is 13.3. The van der Waals surface area contributed by atoms with Gasteiger partial charge < -0.3 is 4.74 Å². The van der Waals surface area contributed by atoms with E-state index in [0.29, 0.717) is 5.69 Å². The van der Waals surface area contributed by atoms with Gasteiger partial charge >= 0.3 is 0 Å². The van der Waals surface area contributed by atoms with Crippen LogP contribution in [0, 0.1) is 5.82 Å². The first-order valence-electron chi connectivity index (χ1n) is 7.77. The van der Waals surface area contributed by atoms with E-state index >= 15 is 0 Å². The predicted octanol–water partition coefficient (Wildman–Crippen LogP) is 4.51. The topological polar surface area (TPSA) is 47.9 Å². The van der Waals surface area contributed by atoms with Crippen molar-refractivity contribution < 1.29 is 9.13 Å². The molecule has 0 unspecified atom stereocenters. The molecule has 2 aromatic heterocycles. The Kier molecular flexibility index (Phi) is 3.82. The third-order valence-electron chi connectivity index (χ3n) is 3.94. The molecule has 2 heterocycles. The van der Waals surface area contributed by atoms with Gasteiger partial charge in [0.25, 0.3) is 0 Å². The maximum absolute atomic E-state index is 13.3. The molecule has 0 atom stereocenters. The summed E-state index contributed by atoms with van der Waals surface area (Å²) >= 11 is 0. The molecule has 4 aromatic rings. The summed E-state index contributed by atoms with van der Waals surface area (Å²) in [6, 6.07) is 15.6. The van der Waals surface area contributed by atoms with Crippen molar-refractivity contribution in [2.45, 2.75) is 0 Å². The summed E-state index contributed by atoms with van der Waals surface area (Å²) < 4.78 is 18.6. The van der Waals surface area contributed by atoms with E-state index in [0.717, 1.165) is 33.6 Å². The molecule has 0 aliphatic rings.